The largest absolute Gasteiger partial charge is 0.480 e. The van der Waals surface area contributed by atoms with Crippen LogP contribution in [0.4, 0.5) is 5.69 Å². The molecule has 0 unspecified atom stereocenters. The molecule has 7 nitrogen and oxygen atoms in total. The number of rotatable bonds is 5. The van der Waals surface area contributed by atoms with Gasteiger partial charge in [0.15, 0.2) is 0 Å². The molecule has 4 N–H and O–H groups in total. The summed E-state index contributed by atoms with van der Waals surface area (Å²) in [6.45, 7) is -0.482. The van der Waals surface area contributed by atoms with Crippen LogP contribution in [0.3, 0.4) is 0 Å². The van der Waals surface area contributed by atoms with Crippen LogP contribution in [0.15, 0.2) is 59.9 Å². The molecule has 0 atom stereocenters. The molecule has 0 spiro atoms. The van der Waals surface area contributed by atoms with Crippen LogP contribution in [0.25, 0.3) is 0 Å². The second-order valence-corrected chi connectivity index (χ2v) is 4.96. The molecule has 0 aromatic heterocycles. The minimum Gasteiger partial charge on any atom is -0.480 e. The van der Waals surface area contributed by atoms with Gasteiger partial charge in [0.2, 0.25) is 5.91 Å². The molecule has 0 bridgehead atoms. The van der Waals surface area contributed by atoms with Gasteiger partial charge in [-0.1, -0.05) is 12.2 Å². The first kappa shape index (κ1) is 17.0. The monoisotopic (exact) mass is 328 g/mol. The van der Waals surface area contributed by atoms with Crippen molar-refractivity contribution in [2.45, 2.75) is 6.42 Å². The first-order valence-corrected chi connectivity index (χ1v) is 7.11. The number of amides is 1. The fraction of sp³-hybridized carbons (Fsp3) is 0.118. The van der Waals surface area contributed by atoms with E-state index in [1.54, 1.807) is 30.4 Å². The van der Waals surface area contributed by atoms with Gasteiger partial charge in [-0.2, -0.15) is 0 Å². The van der Waals surface area contributed by atoms with E-state index < -0.39 is 24.4 Å². The van der Waals surface area contributed by atoms with Crippen LogP contribution in [0, 0.1) is 0 Å². The van der Waals surface area contributed by atoms with Gasteiger partial charge >= 0.3 is 11.9 Å². The quantitative estimate of drug-likeness (QED) is 0.555. The van der Waals surface area contributed by atoms with Crippen molar-refractivity contribution in [3.05, 3.63) is 65.5 Å². The molecule has 1 aromatic carbocycles. The number of hydrogen-bond donors (Lipinski definition) is 3. The Morgan fingerprint density at radius 3 is 2.58 bits per heavy atom. The number of nitrogens with two attached hydrogens (primary N) is 1. The van der Waals surface area contributed by atoms with Crippen LogP contribution >= 0.6 is 0 Å². The molecule has 124 valence electrons. The lowest BCUT2D eigenvalue weighted by Crippen LogP contribution is -2.30. The maximum atomic E-state index is 12.1. The van der Waals surface area contributed by atoms with Gasteiger partial charge in [-0.25, -0.2) is 4.79 Å². The molecule has 24 heavy (non-hydrogen) atoms. The van der Waals surface area contributed by atoms with Crippen molar-refractivity contribution in [3.8, 4) is 0 Å². The summed E-state index contributed by atoms with van der Waals surface area (Å²) < 4.78 is 5.26. The van der Waals surface area contributed by atoms with E-state index >= 15 is 0 Å². The first-order valence-electron chi connectivity index (χ1n) is 7.11. The second-order valence-electron chi connectivity index (χ2n) is 4.96. The van der Waals surface area contributed by atoms with Crippen molar-refractivity contribution in [1.29, 1.82) is 0 Å². The van der Waals surface area contributed by atoms with E-state index in [1.165, 1.54) is 18.2 Å². The highest BCUT2D eigenvalue weighted by molar-refractivity contribution is 5.96. The Labute approximate surface area is 138 Å². The number of nitrogens with one attached hydrogen (secondary N) is 1. The van der Waals surface area contributed by atoms with Gasteiger partial charge in [0, 0.05) is 11.3 Å². The fourth-order valence-corrected chi connectivity index (χ4v) is 1.91. The number of nitrogen functional groups attached to an aromatic ring is 1. The molecular formula is C17H16N2O5. The van der Waals surface area contributed by atoms with Crippen molar-refractivity contribution in [2.24, 2.45) is 0 Å². The summed E-state index contributed by atoms with van der Waals surface area (Å²) in [4.78, 5) is 34.5. The number of carboxylic acids is 1. The Bertz CT molecular complexity index is 745. The fourth-order valence-electron chi connectivity index (χ4n) is 1.91. The first-order chi connectivity index (χ1) is 11.5. The topological polar surface area (TPSA) is 119 Å². The van der Waals surface area contributed by atoms with Gasteiger partial charge < -0.3 is 20.9 Å². The number of carbonyl (C=O) groups excluding carboxylic acids is 2. The maximum absolute atomic E-state index is 12.1. The number of allylic oxidation sites excluding steroid dienone is 4. The van der Waals surface area contributed by atoms with Crippen LogP contribution in [0.5, 0.6) is 0 Å². The van der Waals surface area contributed by atoms with Crippen molar-refractivity contribution >= 4 is 23.5 Å². The Balaban J connectivity index is 2.09. The molecule has 1 amide bonds. The second kappa shape index (κ2) is 7.77. The van der Waals surface area contributed by atoms with Crippen LogP contribution in [-0.4, -0.2) is 29.5 Å². The third kappa shape index (κ3) is 4.84. The van der Waals surface area contributed by atoms with Crippen LogP contribution in [-0.2, 0) is 14.3 Å². The molecule has 1 aromatic rings. The molecule has 0 radical (unpaired) electrons. The van der Waals surface area contributed by atoms with Crippen molar-refractivity contribution in [1.82, 2.24) is 5.32 Å². The number of ether oxygens (including phenoxy) is 1. The average Bonchev–Trinajstić information content (AvgIpc) is 2.78. The van der Waals surface area contributed by atoms with E-state index in [1.807, 2.05) is 0 Å². The minimum atomic E-state index is -1.14. The third-order valence-electron chi connectivity index (χ3n) is 3.10. The van der Waals surface area contributed by atoms with Crippen molar-refractivity contribution in [2.75, 3.05) is 12.3 Å². The SMILES string of the molecule is Nc1ccc(C(=O)OC2=CC=CCC(C(=O)NCC(=O)O)=C2)cc1. The van der Waals surface area contributed by atoms with Crippen LogP contribution < -0.4 is 11.1 Å². The lowest BCUT2D eigenvalue weighted by molar-refractivity contribution is -0.137. The maximum Gasteiger partial charge on any atom is 0.343 e. The van der Waals surface area contributed by atoms with E-state index in [-0.39, 0.29) is 5.76 Å². The Kier molecular flexibility index (Phi) is 5.51. The third-order valence-corrected chi connectivity index (χ3v) is 3.10. The van der Waals surface area contributed by atoms with Gasteiger partial charge in [0.25, 0.3) is 0 Å². The van der Waals surface area contributed by atoms with E-state index in [0.717, 1.165) is 0 Å². The lowest BCUT2D eigenvalue weighted by atomic mass is 10.1. The predicted octanol–water partition coefficient (Wildman–Crippen LogP) is 1.40. The number of hydrogen-bond acceptors (Lipinski definition) is 5. The van der Waals surface area contributed by atoms with E-state index in [0.29, 0.717) is 23.2 Å². The molecule has 1 aliphatic carbocycles. The Hall–Kier alpha value is -3.35. The van der Waals surface area contributed by atoms with Crippen molar-refractivity contribution < 1.29 is 24.2 Å². The highest BCUT2D eigenvalue weighted by atomic mass is 16.5. The van der Waals surface area contributed by atoms with E-state index in [2.05, 4.69) is 5.32 Å². The number of aliphatic carboxylic acids is 1. The highest BCUT2D eigenvalue weighted by Crippen LogP contribution is 2.16. The summed E-state index contributed by atoms with van der Waals surface area (Å²) in [5.74, 6) is -2.07. The highest BCUT2D eigenvalue weighted by Gasteiger charge is 2.14. The average molecular weight is 328 g/mol. The summed E-state index contributed by atoms with van der Waals surface area (Å²) in [6, 6.07) is 6.24. The predicted molar refractivity (Wildman–Crippen MR) is 86.8 cm³/mol. The number of carboxylic acid groups (broad SMARTS) is 1. The summed E-state index contributed by atoms with van der Waals surface area (Å²) >= 11 is 0. The summed E-state index contributed by atoms with van der Waals surface area (Å²) in [5, 5.41) is 10.9. The zero-order valence-corrected chi connectivity index (χ0v) is 12.7. The molecule has 7 heteroatoms. The van der Waals surface area contributed by atoms with Crippen LogP contribution in [0.2, 0.25) is 0 Å². The Morgan fingerprint density at radius 1 is 1.21 bits per heavy atom. The molecule has 0 heterocycles. The Morgan fingerprint density at radius 2 is 1.92 bits per heavy atom. The number of anilines is 1. The standard InChI is InChI=1S/C17H16N2O5/c18-13-7-5-11(6-8-13)17(23)24-14-4-2-1-3-12(9-14)16(22)19-10-15(20)21/h1-2,4-9H,3,10,18H2,(H,19,22)(H,20,21). The van der Waals surface area contributed by atoms with Gasteiger partial charge in [0.1, 0.15) is 12.3 Å². The zero-order valence-electron chi connectivity index (χ0n) is 12.7. The van der Waals surface area contributed by atoms with Gasteiger partial charge in [-0.15, -0.1) is 0 Å². The molecule has 0 fully saturated rings. The van der Waals surface area contributed by atoms with Gasteiger partial charge in [-0.3, -0.25) is 9.59 Å². The van der Waals surface area contributed by atoms with E-state index in [9.17, 15) is 14.4 Å². The summed E-state index contributed by atoms with van der Waals surface area (Å²) in [7, 11) is 0. The number of benzene rings is 1. The smallest absolute Gasteiger partial charge is 0.343 e. The molecule has 2 rings (SSSR count). The lowest BCUT2D eigenvalue weighted by Gasteiger charge is -2.07. The molecular weight excluding hydrogens is 312 g/mol. The van der Waals surface area contributed by atoms with Crippen molar-refractivity contribution in [3.63, 3.8) is 0 Å². The number of carbonyl (C=O) groups is 3. The molecule has 0 saturated carbocycles. The van der Waals surface area contributed by atoms with Crippen LogP contribution in [0.1, 0.15) is 16.8 Å². The minimum absolute atomic E-state index is 0.186. The summed E-state index contributed by atoms with van der Waals surface area (Å²) in [6.07, 6.45) is 6.61. The normalized spacial score (nSPS) is 13.3. The van der Waals surface area contributed by atoms with E-state index in [4.69, 9.17) is 15.6 Å². The molecule has 1 aliphatic rings. The molecule has 0 saturated heterocycles. The van der Waals surface area contributed by atoms with Gasteiger partial charge in [0.05, 0.1) is 5.56 Å². The summed E-state index contributed by atoms with van der Waals surface area (Å²) in [5.41, 5.74) is 6.71. The van der Waals surface area contributed by atoms with Gasteiger partial charge in [-0.05, 0) is 42.8 Å². The number of esters is 1. The zero-order chi connectivity index (χ0) is 17.5. The molecule has 0 aliphatic heterocycles.